The molecule has 0 fully saturated rings. The summed E-state index contributed by atoms with van der Waals surface area (Å²) in [5, 5.41) is 1.05. The minimum atomic E-state index is -0.758. The Bertz CT molecular complexity index is 929. The van der Waals surface area contributed by atoms with Crippen molar-refractivity contribution in [3.8, 4) is 16.9 Å². The van der Waals surface area contributed by atoms with Crippen LogP contribution in [0.5, 0.6) is 5.75 Å². The number of rotatable bonds is 8. The third-order valence-electron chi connectivity index (χ3n) is 4.70. The fourth-order valence-corrected chi connectivity index (χ4v) is 3.21. The monoisotopic (exact) mass is 366 g/mol. The maximum Gasteiger partial charge on any atom is 0.166 e. The van der Waals surface area contributed by atoms with Crippen LogP contribution in [0, 0.1) is 11.6 Å². The summed E-state index contributed by atoms with van der Waals surface area (Å²) in [6, 6.07) is 14.8. The Morgan fingerprint density at radius 2 is 1.67 bits per heavy atom. The summed E-state index contributed by atoms with van der Waals surface area (Å²) in [4.78, 5) is 0. The van der Waals surface area contributed by atoms with E-state index in [-0.39, 0.29) is 0 Å². The van der Waals surface area contributed by atoms with Crippen molar-refractivity contribution in [3.63, 3.8) is 0 Å². The zero-order chi connectivity index (χ0) is 19.2. The van der Waals surface area contributed by atoms with E-state index in [1.54, 1.807) is 18.2 Å². The van der Waals surface area contributed by atoms with Gasteiger partial charge >= 0.3 is 0 Å². The smallest absolute Gasteiger partial charge is 0.166 e. The number of unbranched alkanes of at least 4 members (excludes halogenated alkanes) is 2. The minimum Gasteiger partial charge on any atom is -0.490 e. The summed E-state index contributed by atoms with van der Waals surface area (Å²) in [5.41, 5.74) is 2.23. The van der Waals surface area contributed by atoms with Gasteiger partial charge in [0.2, 0.25) is 0 Å². The predicted molar refractivity (Wildman–Crippen MR) is 108 cm³/mol. The van der Waals surface area contributed by atoms with Crippen LogP contribution < -0.4 is 4.74 Å². The number of fused-ring (bicyclic) bond motifs is 1. The first kappa shape index (κ1) is 19.1. The van der Waals surface area contributed by atoms with Crippen molar-refractivity contribution in [1.82, 2.24) is 0 Å². The highest BCUT2D eigenvalue weighted by atomic mass is 19.2. The Hall–Kier alpha value is -2.68. The Labute approximate surface area is 159 Å². The van der Waals surface area contributed by atoms with Gasteiger partial charge in [-0.05, 0) is 59.2 Å². The number of aryl methyl sites for hydroxylation is 1. The fraction of sp³-hybridized carbons (Fsp3) is 0.250. The highest BCUT2D eigenvalue weighted by Crippen LogP contribution is 2.30. The van der Waals surface area contributed by atoms with E-state index in [1.165, 1.54) is 0 Å². The molecule has 140 valence electrons. The van der Waals surface area contributed by atoms with Crippen LogP contribution in [0.1, 0.15) is 31.7 Å². The first-order valence-corrected chi connectivity index (χ1v) is 9.38. The van der Waals surface area contributed by atoms with Gasteiger partial charge in [-0.1, -0.05) is 56.7 Å². The van der Waals surface area contributed by atoms with E-state index in [9.17, 15) is 8.78 Å². The van der Waals surface area contributed by atoms with Crippen molar-refractivity contribution in [2.24, 2.45) is 0 Å². The van der Waals surface area contributed by atoms with Crippen molar-refractivity contribution < 1.29 is 13.5 Å². The zero-order valence-corrected chi connectivity index (χ0v) is 15.6. The molecule has 0 amide bonds. The van der Waals surface area contributed by atoms with Gasteiger partial charge < -0.3 is 4.74 Å². The normalized spacial score (nSPS) is 10.9. The van der Waals surface area contributed by atoms with Gasteiger partial charge in [0.1, 0.15) is 12.4 Å². The Morgan fingerprint density at radius 3 is 2.37 bits per heavy atom. The molecule has 0 aliphatic heterocycles. The van der Waals surface area contributed by atoms with Crippen molar-refractivity contribution >= 4 is 10.8 Å². The number of hydrogen-bond donors (Lipinski definition) is 0. The number of benzene rings is 3. The van der Waals surface area contributed by atoms with E-state index < -0.39 is 11.6 Å². The highest BCUT2D eigenvalue weighted by Gasteiger charge is 2.14. The van der Waals surface area contributed by atoms with Gasteiger partial charge in [0.25, 0.3) is 0 Å². The maximum absolute atomic E-state index is 14.7. The Morgan fingerprint density at radius 1 is 0.926 bits per heavy atom. The van der Waals surface area contributed by atoms with Crippen molar-refractivity contribution in [2.75, 3.05) is 6.61 Å². The average molecular weight is 366 g/mol. The van der Waals surface area contributed by atoms with Crippen LogP contribution in [-0.2, 0) is 6.42 Å². The lowest BCUT2D eigenvalue weighted by Crippen LogP contribution is -1.97. The van der Waals surface area contributed by atoms with Crippen LogP contribution in [0.2, 0.25) is 0 Å². The lowest BCUT2D eigenvalue weighted by Gasteiger charge is -2.10. The average Bonchev–Trinajstić information content (AvgIpc) is 2.70. The maximum atomic E-state index is 14.7. The summed E-state index contributed by atoms with van der Waals surface area (Å²) in [6.07, 6.45) is 5.20. The molecule has 1 nitrogen and oxygen atoms in total. The summed E-state index contributed by atoms with van der Waals surface area (Å²) in [6.45, 7) is 6.16. The molecule has 0 N–H and O–H groups in total. The zero-order valence-electron chi connectivity index (χ0n) is 15.6. The molecule has 0 saturated carbocycles. The first-order chi connectivity index (χ1) is 13.1. The standard InChI is InChI=1S/C24H24F2O/c1-3-5-6-7-20-15-19-9-8-18(16-22(19)24(26)23(20)25)17-10-12-21(13-11-17)27-14-4-2/h4,8-13,15-16H,2-3,5-7,14H2,1H3. The molecule has 27 heavy (non-hydrogen) atoms. The Kier molecular flexibility index (Phi) is 6.23. The SMILES string of the molecule is C=CCOc1ccc(-c2ccc3cc(CCCCC)c(F)c(F)c3c2)cc1. The Balaban J connectivity index is 1.91. The van der Waals surface area contributed by atoms with E-state index >= 15 is 0 Å². The molecule has 3 heteroatoms. The fourth-order valence-electron chi connectivity index (χ4n) is 3.21. The molecule has 0 aromatic heterocycles. The third kappa shape index (κ3) is 4.36. The second kappa shape index (κ2) is 8.81. The molecule has 3 aromatic carbocycles. The van der Waals surface area contributed by atoms with E-state index in [2.05, 4.69) is 13.5 Å². The van der Waals surface area contributed by atoms with Crippen LogP contribution in [0.15, 0.2) is 61.2 Å². The summed E-state index contributed by atoms with van der Waals surface area (Å²) >= 11 is 0. The van der Waals surface area contributed by atoms with Gasteiger partial charge in [0.15, 0.2) is 11.6 Å². The molecule has 3 rings (SSSR count). The molecule has 0 radical (unpaired) electrons. The van der Waals surface area contributed by atoms with Crippen molar-refractivity contribution in [1.29, 1.82) is 0 Å². The predicted octanol–water partition coefficient (Wildman–Crippen LogP) is 7.08. The molecule has 0 spiro atoms. The van der Waals surface area contributed by atoms with Gasteiger partial charge in [-0.15, -0.1) is 0 Å². The minimum absolute atomic E-state index is 0.316. The molecular weight excluding hydrogens is 342 g/mol. The molecule has 0 atom stereocenters. The number of halogens is 2. The largest absolute Gasteiger partial charge is 0.490 e. The molecule has 0 aliphatic carbocycles. The van der Waals surface area contributed by atoms with Gasteiger partial charge in [-0.25, -0.2) is 8.78 Å². The van der Waals surface area contributed by atoms with E-state index in [0.717, 1.165) is 41.5 Å². The summed E-state index contributed by atoms with van der Waals surface area (Å²) < 4.78 is 34.6. The molecule has 0 unspecified atom stereocenters. The molecule has 0 bridgehead atoms. The quantitative estimate of drug-likeness (QED) is 0.306. The topological polar surface area (TPSA) is 9.23 Å². The molecule has 0 aliphatic rings. The molecular formula is C24H24F2O. The number of hydrogen-bond acceptors (Lipinski definition) is 1. The van der Waals surface area contributed by atoms with Crippen LogP contribution in [0.4, 0.5) is 8.78 Å². The van der Waals surface area contributed by atoms with E-state index in [4.69, 9.17) is 4.74 Å². The van der Waals surface area contributed by atoms with Crippen molar-refractivity contribution in [3.05, 3.63) is 78.4 Å². The lowest BCUT2D eigenvalue weighted by molar-refractivity contribution is 0.363. The molecule has 3 aromatic rings. The first-order valence-electron chi connectivity index (χ1n) is 9.38. The summed E-state index contributed by atoms with van der Waals surface area (Å²) in [7, 11) is 0. The van der Waals surface area contributed by atoms with Gasteiger partial charge in [0, 0.05) is 5.39 Å². The van der Waals surface area contributed by atoms with Crippen LogP contribution in [-0.4, -0.2) is 6.61 Å². The molecule has 0 heterocycles. The molecule has 0 saturated heterocycles. The van der Waals surface area contributed by atoms with E-state index in [0.29, 0.717) is 24.0 Å². The van der Waals surface area contributed by atoms with E-state index in [1.807, 2.05) is 36.4 Å². The van der Waals surface area contributed by atoms with Crippen LogP contribution >= 0.6 is 0 Å². The van der Waals surface area contributed by atoms with Crippen LogP contribution in [0.25, 0.3) is 21.9 Å². The lowest BCUT2D eigenvalue weighted by atomic mass is 9.97. The van der Waals surface area contributed by atoms with Gasteiger partial charge in [-0.2, -0.15) is 0 Å². The second-order valence-electron chi connectivity index (χ2n) is 6.68. The van der Waals surface area contributed by atoms with Crippen molar-refractivity contribution in [2.45, 2.75) is 32.6 Å². The van der Waals surface area contributed by atoms with Gasteiger partial charge in [-0.3, -0.25) is 0 Å². The second-order valence-corrected chi connectivity index (χ2v) is 6.68. The summed E-state index contributed by atoms with van der Waals surface area (Å²) in [5.74, 6) is -0.732. The highest BCUT2D eigenvalue weighted by molar-refractivity contribution is 5.88. The number of ether oxygens (including phenoxy) is 1. The van der Waals surface area contributed by atoms with Gasteiger partial charge in [0.05, 0.1) is 0 Å². The van der Waals surface area contributed by atoms with Crippen LogP contribution in [0.3, 0.4) is 0 Å². The third-order valence-corrected chi connectivity index (χ3v) is 4.70.